The topological polar surface area (TPSA) is 89.8 Å². The average Bonchev–Trinajstić information content (AvgIpc) is 3.30. The lowest BCUT2D eigenvalue weighted by Gasteiger charge is -2.46. The summed E-state index contributed by atoms with van der Waals surface area (Å²) in [5.74, 6) is 0.619. The third kappa shape index (κ3) is 4.50. The third-order valence-electron chi connectivity index (χ3n) is 5.51. The molecule has 0 saturated carbocycles. The van der Waals surface area contributed by atoms with Gasteiger partial charge in [0, 0.05) is 42.2 Å². The standard InChI is InChI=1S/C20H31N7O/c1-19(2)8-15(9-20(3,4)25-19)27-13-17(24-26-27)14-10-21-18(22-11-14)23-12-16-6-5-7-28-16/h10-11,13,15-16,25H,5-9,12H2,1-4H3,(H,21,22,23). The van der Waals surface area contributed by atoms with Gasteiger partial charge in [-0.1, -0.05) is 5.21 Å². The van der Waals surface area contributed by atoms with Crippen LogP contribution in [0.3, 0.4) is 0 Å². The van der Waals surface area contributed by atoms with Crippen molar-refractivity contribution in [2.45, 2.75) is 76.6 Å². The van der Waals surface area contributed by atoms with Crippen LogP contribution in [0.25, 0.3) is 11.3 Å². The quantitative estimate of drug-likeness (QED) is 0.818. The van der Waals surface area contributed by atoms with E-state index < -0.39 is 0 Å². The minimum Gasteiger partial charge on any atom is -0.376 e. The Hall–Kier alpha value is -2.06. The van der Waals surface area contributed by atoms with E-state index in [4.69, 9.17) is 4.74 Å². The zero-order valence-corrected chi connectivity index (χ0v) is 17.3. The van der Waals surface area contributed by atoms with Crippen LogP contribution in [0.15, 0.2) is 18.6 Å². The molecule has 0 spiro atoms. The zero-order valence-electron chi connectivity index (χ0n) is 17.3. The van der Waals surface area contributed by atoms with Gasteiger partial charge in [0.2, 0.25) is 5.95 Å². The van der Waals surface area contributed by atoms with Crippen molar-refractivity contribution in [3.8, 4) is 11.3 Å². The van der Waals surface area contributed by atoms with E-state index in [1.165, 1.54) is 0 Å². The van der Waals surface area contributed by atoms with Crippen molar-refractivity contribution in [3.05, 3.63) is 18.6 Å². The first-order chi connectivity index (χ1) is 13.3. The van der Waals surface area contributed by atoms with Crippen LogP contribution in [-0.2, 0) is 4.74 Å². The Morgan fingerprint density at radius 3 is 2.54 bits per heavy atom. The van der Waals surface area contributed by atoms with Crippen LogP contribution in [0.2, 0.25) is 0 Å². The predicted molar refractivity (Wildman–Crippen MR) is 108 cm³/mol. The second kappa shape index (κ2) is 7.40. The van der Waals surface area contributed by atoms with Gasteiger partial charge in [0.1, 0.15) is 5.69 Å². The molecule has 2 fully saturated rings. The number of ether oxygens (including phenoxy) is 1. The molecule has 2 aliphatic heterocycles. The van der Waals surface area contributed by atoms with Crippen molar-refractivity contribution < 1.29 is 4.74 Å². The maximum atomic E-state index is 5.61. The Morgan fingerprint density at radius 1 is 1.18 bits per heavy atom. The molecule has 0 amide bonds. The molecule has 2 aliphatic rings. The molecule has 2 aromatic heterocycles. The number of nitrogens with zero attached hydrogens (tertiary/aromatic N) is 5. The van der Waals surface area contributed by atoms with E-state index in [-0.39, 0.29) is 17.2 Å². The molecule has 28 heavy (non-hydrogen) atoms. The Morgan fingerprint density at radius 2 is 1.89 bits per heavy atom. The number of hydrogen-bond acceptors (Lipinski definition) is 7. The van der Waals surface area contributed by atoms with Crippen LogP contribution in [0.5, 0.6) is 0 Å². The second-order valence-electron chi connectivity index (χ2n) is 9.35. The summed E-state index contributed by atoms with van der Waals surface area (Å²) < 4.78 is 7.62. The van der Waals surface area contributed by atoms with E-state index in [0.29, 0.717) is 12.0 Å². The molecule has 0 aliphatic carbocycles. The maximum absolute atomic E-state index is 5.61. The summed E-state index contributed by atoms with van der Waals surface area (Å²) in [6, 6.07) is 0.320. The van der Waals surface area contributed by atoms with Gasteiger partial charge in [-0.3, -0.25) is 0 Å². The molecule has 152 valence electrons. The highest BCUT2D eigenvalue weighted by atomic mass is 16.5. The molecule has 1 unspecified atom stereocenters. The van der Waals surface area contributed by atoms with Gasteiger partial charge >= 0.3 is 0 Å². The van der Waals surface area contributed by atoms with E-state index in [0.717, 1.165) is 50.1 Å². The summed E-state index contributed by atoms with van der Waals surface area (Å²) in [4.78, 5) is 8.84. The smallest absolute Gasteiger partial charge is 0.222 e. The summed E-state index contributed by atoms with van der Waals surface area (Å²) in [5, 5.41) is 15.7. The van der Waals surface area contributed by atoms with Crippen LogP contribution in [-0.4, -0.2) is 55.3 Å². The fraction of sp³-hybridized carbons (Fsp3) is 0.700. The minimum absolute atomic E-state index is 0.0675. The number of piperidine rings is 1. The normalized spacial score (nSPS) is 24.4. The number of rotatable bonds is 5. The fourth-order valence-corrected chi connectivity index (χ4v) is 4.60. The molecule has 0 bridgehead atoms. The molecule has 2 N–H and O–H groups in total. The third-order valence-corrected chi connectivity index (χ3v) is 5.51. The molecule has 4 rings (SSSR count). The van der Waals surface area contributed by atoms with Crippen molar-refractivity contribution in [2.24, 2.45) is 0 Å². The number of nitrogens with one attached hydrogen (secondary N) is 2. The van der Waals surface area contributed by atoms with Gasteiger partial charge in [-0.05, 0) is 53.4 Å². The van der Waals surface area contributed by atoms with Crippen LogP contribution in [0, 0.1) is 0 Å². The second-order valence-corrected chi connectivity index (χ2v) is 9.35. The molecule has 8 nitrogen and oxygen atoms in total. The van der Waals surface area contributed by atoms with Crippen molar-refractivity contribution in [1.29, 1.82) is 0 Å². The van der Waals surface area contributed by atoms with E-state index in [9.17, 15) is 0 Å². The largest absolute Gasteiger partial charge is 0.376 e. The van der Waals surface area contributed by atoms with Crippen molar-refractivity contribution in [3.63, 3.8) is 0 Å². The molecule has 4 heterocycles. The highest BCUT2D eigenvalue weighted by molar-refractivity contribution is 5.55. The molecule has 2 saturated heterocycles. The van der Waals surface area contributed by atoms with Crippen LogP contribution < -0.4 is 10.6 Å². The molecule has 0 radical (unpaired) electrons. The first kappa shape index (κ1) is 19.3. The van der Waals surface area contributed by atoms with Gasteiger partial charge in [-0.25, -0.2) is 14.6 Å². The summed E-state index contributed by atoms with van der Waals surface area (Å²) in [5.41, 5.74) is 1.82. The first-order valence-electron chi connectivity index (χ1n) is 10.2. The Kier molecular flexibility index (Phi) is 5.09. The van der Waals surface area contributed by atoms with Gasteiger partial charge in [0.25, 0.3) is 0 Å². The molecular formula is C20H31N7O. The van der Waals surface area contributed by atoms with Crippen molar-refractivity contribution in [2.75, 3.05) is 18.5 Å². The van der Waals surface area contributed by atoms with Crippen LogP contribution in [0.1, 0.15) is 59.4 Å². The lowest BCUT2D eigenvalue weighted by molar-refractivity contribution is 0.120. The maximum Gasteiger partial charge on any atom is 0.222 e. The molecule has 2 aromatic rings. The highest BCUT2D eigenvalue weighted by Crippen LogP contribution is 2.35. The number of hydrogen-bond donors (Lipinski definition) is 2. The Bertz CT molecular complexity index is 777. The Labute approximate surface area is 166 Å². The molecular weight excluding hydrogens is 354 g/mol. The van der Waals surface area contributed by atoms with Crippen molar-refractivity contribution in [1.82, 2.24) is 30.3 Å². The van der Waals surface area contributed by atoms with Crippen molar-refractivity contribution >= 4 is 5.95 Å². The first-order valence-corrected chi connectivity index (χ1v) is 10.2. The van der Waals surface area contributed by atoms with Gasteiger partial charge in [0.05, 0.1) is 18.3 Å². The summed E-state index contributed by atoms with van der Waals surface area (Å²) in [6.07, 6.45) is 10.1. The van der Waals surface area contributed by atoms with Gasteiger partial charge < -0.3 is 15.4 Å². The van der Waals surface area contributed by atoms with E-state index in [1.54, 1.807) is 12.4 Å². The highest BCUT2D eigenvalue weighted by Gasteiger charge is 2.38. The summed E-state index contributed by atoms with van der Waals surface area (Å²) >= 11 is 0. The van der Waals surface area contributed by atoms with E-state index >= 15 is 0 Å². The Balaban J connectivity index is 1.42. The zero-order chi connectivity index (χ0) is 19.8. The van der Waals surface area contributed by atoms with Gasteiger partial charge in [0.15, 0.2) is 0 Å². The monoisotopic (exact) mass is 385 g/mol. The predicted octanol–water partition coefficient (Wildman–Crippen LogP) is 2.81. The van der Waals surface area contributed by atoms with Gasteiger partial charge in [-0.15, -0.1) is 5.10 Å². The average molecular weight is 386 g/mol. The summed E-state index contributed by atoms with van der Waals surface area (Å²) in [6.45, 7) is 10.6. The van der Waals surface area contributed by atoms with E-state index in [1.807, 2.05) is 10.9 Å². The summed E-state index contributed by atoms with van der Waals surface area (Å²) in [7, 11) is 0. The van der Waals surface area contributed by atoms with E-state index in [2.05, 4.69) is 58.6 Å². The number of aromatic nitrogens is 5. The van der Waals surface area contributed by atoms with Crippen LogP contribution in [0.4, 0.5) is 5.95 Å². The van der Waals surface area contributed by atoms with Gasteiger partial charge in [-0.2, -0.15) is 0 Å². The van der Waals surface area contributed by atoms with Crippen LogP contribution >= 0.6 is 0 Å². The molecule has 0 aromatic carbocycles. The number of anilines is 1. The molecule has 8 heteroatoms. The minimum atomic E-state index is 0.0675. The fourth-order valence-electron chi connectivity index (χ4n) is 4.60. The SMILES string of the molecule is CC1(C)CC(n2cc(-c3cnc(NCC4CCCO4)nc3)nn2)CC(C)(C)N1. The molecule has 1 atom stereocenters. The lowest BCUT2D eigenvalue weighted by atomic mass is 9.80. The lowest BCUT2D eigenvalue weighted by Crippen LogP contribution is -2.58.